The average molecular weight is 393 g/mol. The molecular weight excluding hydrogens is 370 g/mol. The molecule has 148 valence electrons. The molecule has 0 radical (unpaired) electrons. The Morgan fingerprint density at radius 1 is 1.42 bits per heavy atom. The van der Waals surface area contributed by atoms with Crippen LogP contribution in [0, 0.1) is 5.92 Å². The Hall–Kier alpha value is -1.51. The minimum Gasteiger partial charge on any atom is -0.330 e. The summed E-state index contributed by atoms with van der Waals surface area (Å²) in [6, 6.07) is -2.01. The van der Waals surface area contributed by atoms with Crippen LogP contribution < -0.4 is 16.5 Å². The second-order valence-corrected chi connectivity index (χ2v) is 7.73. The van der Waals surface area contributed by atoms with Crippen molar-refractivity contribution in [3.8, 4) is 0 Å². The van der Waals surface area contributed by atoms with E-state index in [4.69, 9.17) is 15.1 Å². The SMILES string of the molecule is NC[C@@H]1CN[C@@H](CONC(=O)[C@@H]2CC[C@@H]3CN2C(=O)N3OS(=O)(=O)O)C1. The van der Waals surface area contributed by atoms with Crippen LogP contribution >= 0.6 is 0 Å². The second kappa shape index (κ2) is 7.62. The maximum atomic E-state index is 12.3. The summed E-state index contributed by atoms with van der Waals surface area (Å²) >= 11 is 0. The van der Waals surface area contributed by atoms with Crippen molar-refractivity contribution in [3.05, 3.63) is 0 Å². The lowest BCUT2D eigenvalue weighted by molar-refractivity contribution is -0.139. The lowest BCUT2D eigenvalue weighted by atomic mass is 10.0. The topological polar surface area (TPSA) is 164 Å². The number of urea groups is 1. The third kappa shape index (κ3) is 4.24. The Labute approximate surface area is 150 Å². The maximum absolute atomic E-state index is 12.3. The fourth-order valence-corrected chi connectivity index (χ4v) is 3.98. The number of carbonyl (C=O) groups is 2. The Morgan fingerprint density at radius 2 is 2.19 bits per heavy atom. The molecule has 26 heavy (non-hydrogen) atoms. The number of nitrogens with two attached hydrogens (primary N) is 1. The Bertz CT molecular complexity index is 659. The second-order valence-electron chi connectivity index (χ2n) is 6.73. The van der Waals surface area contributed by atoms with E-state index in [1.54, 1.807) is 0 Å². The summed E-state index contributed by atoms with van der Waals surface area (Å²) in [5.74, 6) is -0.0931. The molecule has 0 spiro atoms. The highest BCUT2D eigenvalue weighted by molar-refractivity contribution is 7.80. The molecule has 3 rings (SSSR count). The summed E-state index contributed by atoms with van der Waals surface area (Å²) in [6.45, 7) is 1.82. The first-order valence-electron chi connectivity index (χ1n) is 8.40. The fourth-order valence-electron chi connectivity index (χ4n) is 3.59. The number of amides is 3. The molecule has 0 aromatic heterocycles. The summed E-state index contributed by atoms with van der Waals surface area (Å²) in [6.07, 6.45) is 1.55. The Balaban J connectivity index is 1.49. The molecule has 3 amide bonds. The van der Waals surface area contributed by atoms with Crippen LogP contribution in [0.5, 0.6) is 0 Å². The van der Waals surface area contributed by atoms with Crippen molar-refractivity contribution in [2.75, 3.05) is 26.2 Å². The highest BCUT2D eigenvalue weighted by Crippen LogP contribution is 2.30. The van der Waals surface area contributed by atoms with E-state index >= 15 is 0 Å². The third-order valence-corrected chi connectivity index (χ3v) is 5.25. The summed E-state index contributed by atoms with van der Waals surface area (Å²) in [7, 11) is -4.81. The molecule has 3 fully saturated rings. The number of nitrogens with one attached hydrogen (secondary N) is 2. The van der Waals surface area contributed by atoms with Crippen LogP contribution in [0.1, 0.15) is 19.3 Å². The third-order valence-electron chi connectivity index (χ3n) is 4.90. The number of hydrogen-bond acceptors (Lipinski definition) is 8. The monoisotopic (exact) mass is 393 g/mol. The summed E-state index contributed by atoms with van der Waals surface area (Å²) in [5, 5.41) is 3.84. The Morgan fingerprint density at radius 3 is 2.85 bits per heavy atom. The number of hydrogen-bond donors (Lipinski definition) is 4. The van der Waals surface area contributed by atoms with Crippen LogP contribution in [-0.4, -0.2) is 79.2 Å². The van der Waals surface area contributed by atoms with Gasteiger partial charge in [-0.1, -0.05) is 0 Å². The van der Waals surface area contributed by atoms with Crippen LogP contribution in [0.4, 0.5) is 4.79 Å². The van der Waals surface area contributed by atoms with Crippen LogP contribution in [0.2, 0.25) is 0 Å². The molecule has 0 aromatic carbocycles. The fraction of sp³-hybridized carbons (Fsp3) is 0.846. The molecule has 3 heterocycles. The minimum atomic E-state index is -4.81. The van der Waals surface area contributed by atoms with Gasteiger partial charge in [0.2, 0.25) is 0 Å². The van der Waals surface area contributed by atoms with Gasteiger partial charge in [0.1, 0.15) is 6.04 Å². The molecular formula is C13H23N5O7S. The molecule has 0 unspecified atom stereocenters. The molecule has 3 aliphatic rings. The largest absolute Gasteiger partial charge is 0.418 e. The number of piperidine rings is 1. The first-order chi connectivity index (χ1) is 12.3. The zero-order valence-electron chi connectivity index (χ0n) is 14.0. The number of rotatable bonds is 7. The smallest absolute Gasteiger partial charge is 0.330 e. The van der Waals surface area contributed by atoms with Crippen molar-refractivity contribution in [2.45, 2.75) is 37.4 Å². The maximum Gasteiger partial charge on any atom is 0.418 e. The zero-order valence-corrected chi connectivity index (χ0v) is 14.9. The molecule has 5 N–H and O–H groups in total. The minimum absolute atomic E-state index is 0.103. The van der Waals surface area contributed by atoms with Gasteiger partial charge in [-0.2, -0.15) is 13.5 Å². The normalized spacial score (nSPS) is 31.5. The van der Waals surface area contributed by atoms with Crippen LogP contribution in [0.3, 0.4) is 0 Å². The van der Waals surface area contributed by atoms with Gasteiger partial charge in [0.25, 0.3) is 5.91 Å². The van der Waals surface area contributed by atoms with E-state index in [2.05, 4.69) is 15.1 Å². The molecule has 0 saturated carbocycles. The van der Waals surface area contributed by atoms with Gasteiger partial charge in [0, 0.05) is 12.6 Å². The number of carbonyl (C=O) groups excluding carboxylic acids is 2. The standard InChI is InChI=1S/C13H23N5O7S/c14-4-8-3-9(15-5-8)7-24-16-12(19)11-2-1-10-6-17(11)13(20)18(10)25-26(21,22)23/h8-11,15H,1-7,14H2,(H,16,19)(H,21,22,23)/t8-,9-,10-,11+/m1/s1. The van der Waals surface area contributed by atoms with Gasteiger partial charge in [-0.15, -0.1) is 4.28 Å². The first kappa shape index (κ1) is 19.3. The van der Waals surface area contributed by atoms with E-state index in [1.165, 1.54) is 4.90 Å². The molecule has 12 nitrogen and oxygen atoms in total. The molecule has 0 aromatic rings. The van der Waals surface area contributed by atoms with Crippen molar-refractivity contribution in [2.24, 2.45) is 11.7 Å². The number of hydroxylamine groups is 3. The number of fused-ring (bicyclic) bond motifs is 2. The van der Waals surface area contributed by atoms with Gasteiger partial charge in [-0.25, -0.2) is 10.3 Å². The van der Waals surface area contributed by atoms with Gasteiger partial charge in [-0.3, -0.25) is 14.2 Å². The van der Waals surface area contributed by atoms with Gasteiger partial charge in [0.15, 0.2) is 0 Å². The number of nitrogens with zero attached hydrogens (tertiary/aromatic N) is 2. The average Bonchev–Trinajstić information content (AvgIpc) is 3.13. The van der Waals surface area contributed by atoms with E-state index < -0.39 is 34.4 Å². The Kier molecular flexibility index (Phi) is 5.64. The van der Waals surface area contributed by atoms with Gasteiger partial charge >= 0.3 is 16.4 Å². The van der Waals surface area contributed by atoms with Crippen molar-refractivity contribution >= 4 is 22.3 Å². The molecule has 13 heteroatoms. The zero-order chi connectivity index (χ0) is 18.9. The van der Waals surface area contributed by atoms with E-state index in [1.807, 2.05) is 0 Å². The van der Waals surface area contributed by atoms with Crippen molar-refractivity contribution < 1.29 is 31.7 Å². The van der Waals surface area contributed by atoms with Gasteiger partial charge in [-0.05, 0) is 38.3 Å². The molecule has 4 atom stereocenters. The van der Waals surface area contributed by atoms with Crippen LogP contribution in [0.25, 0.3) is 0 Å². The van der Waals surface area contributed by atoms with Crippen LogP contribution in [-0.2, 0) is 24.3 Å². The highest BCUT2D eigenvalue weighted by atomic mass is 32.3. The van der Waals surface area contributed by atoms with E-state index in [0.717, 1.165) is 13.0 Å². The van der Waals surface area contributed by atoms with Crippen molar-refractivity contribution in [3.63, 3.8) is 0 Å². The van der Waals surface area contributed by atoms with Crippen molar-refractivity contribution in [1.82, 2.24) is 20.8 Å². The lowest BCUT2D eigenvalue weighted by Crippen LogP contribution is -2.50. The van der Waals surface area contributed by atoms with Crippen LogP contribution in [0.15, 0.2) is 0 Å². The lowest BCUT2D eigenvalue weighted by Gasteiger charge is -2.29. The quantitative estimate of drug-likeness (QED) is 0.282. The van der Waals surface area contributed by atoms with Gasteiger partial charge < -0.3 is 16.0 Å². The summed E-state index contributed by atoms with van der Waals surface area (Å²) < 4.78 is 34.8. The molecule has 3 saturated heterocycles. The summed E-state index contributed by atoms with van der Waals surface area (Å²) in [4.78, 5) is 31.0. The van der Waals surface area contributed by atoms with Crippen molar-refractivity contribution in [1.29, 1.82) is 0 Å². The molecule has 3 aliphatic heterocycles. The van der Waals surface area contributed by atoms with E-state index in [0.29, 0.717) is 30.4 Å². The molecule has 0 aliphatic carbocycles. The van der Waals surface area contributed by atoms with E-state index in [9.17, 15) is 18.0 Å². The van der Waals surface area contributed by atoms with Gasteiger partial charge in [0.05, 0.1) is 12.6 Å². The predicted octanol–water partition coefficient (Wildman–Crippen LogP) is -2.03. The molecule has 2 bridgehead atoms. The van der Waals surface area contributed by atoms with E-state index in [-0.39, 0.29) is 19.2 Å². The highest BCUT2D eigenvalue weighted by Gasteiger charge is 2.49. The predicted molar refractivity (Wildman–Crippen MR) is 86.4 cm³/mol. The first-order valence-corrected chi connectivity index (χ1v) is 9.77. The summed E-state index contributed by atoms with van der Waals surface area (Å²) in [5.41, 5.74) is 7.96.